The lowest BCUT2D eigenvalue weighted by atomic mass is 9.96. The van der Waals surface area contributed by atoms with E-state index >= 15 is 4.39 Å². The number of fused-ring (bicyclic) bond motifs is 6. The highest BCUT2D eigenvalue weighted by Crippen LogP contribution is 2.43. The van der Waals surface area contributed by atoms with Gasteiger partial charge in [-0.05, 0) is 68.9 Å². The van der Waals surface area contributed by atoms with Crippen LogP contribution in [0.3, 0.4) is 0 Å². The summed E-state index contributed by atoms with van der Waals surface area (Å²) < 4.78 is 24.8. The molecule has 0 spiro atoms. The maximum atomic E-state index is 15.9. The highest BCUT2D eigenvalue weighted by Gasteiger charge is 2.37. The van der Waals surface area contributed by atoms with Gasteiger partial charge in [-0.1, -0.05) is 92.0 Å². The highest BCUT2D eigenvalue weighted by molar-refractivity contribution is 7.03. The lowest BCUT2D eigenvalue weighted by Gasteiger charge is -2.18. The van der Waals surface area contributed by atoms with Gasteiger partial charge in [0.2, 0.25) is 5.69 Å². The molecular weight excluding hydrogens is 546 g/mol. The van der Waals surface area contributed by atoms with E-state index in [1.165, 1.54) is 21.5 Å². The molecule has 0 saturated carbocycles. The predicted octanol–water partition coefficient (Wildman–Crippen LogP) is 8.66. The van der Waals surface area contributed by atoms with Crippen molar-refractivity contribution in [1.29, 1.82) is 0 Å². The molecule has 8 rings (SSSR count). The van der Waals surface area contributed by atoms with Crippen molar-refractivity contribution in [3.63, 3.8) is 0 Å². The largest absolute Gasteiger partial charge is 0.454 e. The van der Waals surface area contributed by atoms with Crippen LogP contribution in [0.4, 0.5) is 4.39 Å². The van der Waals surface area contributed by atoms with Crippen molar-refractivity contribution in [1.82, 2.24) is 0 Å². The van der Waals surface area contributed by atoms with Crippen LogP contribution in [0.15, 0.2) is 120 Å². The molecule has 5 aromatic carbocycles. The minimum Gasteiger partial charge on any atom is -0.454 e. The second-order valence-corrected chi connectivity index (χ2v) is 16.6. The Bertz CT molecular complexity index is 2250. The monoisotopic (exact) mass is 576 g/mol. The van der Waals surface area contributed by atoms with Crippen LogP contribution in [0.25, 0.3) is 66.6 Å². The Balaban J connectivity index is 1.37. The molecule has 0 aliphatic carbocycles. The van der Waals surface area contributed by atoms with Crippen LogP contribution in [-0.2, 0) is 7.05 Å². The van der Waals surface area contributed by atoms with Crippen molar-refractivity contribution in [2.45, 2.75) is 20.0 Å². The molecule has 3 heterocycles. The van der Waals surface area contributed by atoms with E-state index in [0.717, 1.165) is 49.9 Å². The van der Waals surface area contributed by atoms with Gasteiger partial charge in [-0.25, -0.2) is 8.96 Å². The molecule has 0 fully saturated rings. The van der Waals surface area contributed by atoms with Crippen LogP contribution in [0, 0.1) is 12.7 Å². The fourth-order valence-electron chi connectivity index (χ4n) is 7.07. The number of furan rings is 1. The summed E-state index contributed by atoms with van der Waals surface area (Å²) in [7, 11) is 0.254. The predicted molar refractivity (Wildman–Crippen MR) is 178 cm³/mol. The first kappa shape index (κ1) is 25.9. The molecule has 0 bridgehead atoms. The summed E-state index contributed by atoms with van der Waals surface area (Å²) in [4.78, 5) is 0. The van der Waals surface area contributed by atoms with Crippen LogP contribution < -0.4 is 14.9 Å². The van der Waals surface area contributed by atoms with E-state index < -0.39 is 8.07 Å². The average Bonchev–Trinajstić information content (AvgIpc) is 3.50. The van der Waals surface area contributed by atoms with Crippen molar-refractivity contribution in [3.8, 4) is 44.6 Å². The number of aromatic nitrogens is 1. The first-order chi connectivity index (χ1) is 20.8. The lowest BCUT2D eigenvalue weighted by molar-refractivity contribution is -0.660. The standard InChI is InChI=1S/C39H31FNOSi/c1-24-14-16-29-30-17-18-32(40)37(27-15-19-35-31(22-27)28-12-8-9-13-34(28)43(35,3)4)39(30)42-38(29)36(24)33-23-26(20-21-41(33)2)25-10-6-5-7-11-25/h5-23H,1-4H3/q+1. The molecule has 2 aromatic heterocycles. The summed E-state index contributed by atoms with van der Waals surface area (Å²) >= 11 is 0. The molecule has 0 unspecified atom stereocenters. The van der Waals surface area contributed by atoms with Gasteiger partial charge in [0.25, 0.3) is 0 Å². The van der Waals surface area contributed by atoms with Gasteiger partial charge >= 0.3 is 0 Å². The number of halogens is 1. The van der Waals surface area contributed by atoms with Crippen molar-refractivity contribution < 1.29 is 13.4 Å². The maximum absolute atomic E-state index is 15.9. The summed E-state index contributed by atoms with van der Waals surface area (Å²) in [6, 6.07) is 37.6. The molecule has 4 heteroatoms. The number of hydrogen-bond donors (Lipinski definition) is 0. The van der Waals surface area contributed by atoms with Gasteiger partial charge in [-0.3, -0.25) is 0 Å². The van der Waals surface area contributed by atoms with Crippen LogP contribution in [-0.4, -0.2) is 8.07 Å². The van der Waals surface area contributed by atoms with Gasteiger partial charge < -0.3 is 4.42 Å². The van der Waals surface area contributed by atoms with Crippen molar-refractivity contribution in [2.75, 3.05) is 0 Å². The van der Waals surface area contributed by atoms with Crippen LogP contribution in [0.2, 0.25) is 13.1 Å². The molecule has 208 valence electrons. The zero-order valence-corrected chi connectivity index (χ0v) is 25.7. The van der Waals surface area contributed by atoms with Gasteiger partial charge in [0.15, 0.2) is 6.20 Å². The fourth-order valence-corrected chi connectivity index (χ4v) is 10.1. The Morgan fingerprint density at radius 2 is 1.33 bits per heavy atom. The summed E-state index contributed by atoms with van der Waals surface area (Å²) in [5.41, 5.74) is 10.7. The first-order valence-corrected chi connectivity index (χ1v) is 17.8. The zero-order valence-electron chi connectivity index (χ0n) is 24.7. The number of pyridine rings is 1. The molecule has 1 aliphatic rings. The SMILES string of the molecule is Cc1ccc2c(oc3c(-c4ccc5c(c4)-c4ccccc4[Si]5(C)C)c(F)ccc32)c1-c1cc(-c2ccccc2)cc[n+]1C. The summed E-state index contributed by atoms with van der Waals surface area (Å²) in [6.07, 6.45) is 2.09. The van der Waals surface area contributed by atoms with Crippen LogP contribution >= 0.6 is 0 Å². The van der Waals surface area contributed by atoms with Gasteiger partial charge in [0.05, 0.1) is 11.1 Å². The smallest absolute Gasteiger partial charge is 0.216 e. The number of hydrogen-bond acceptors (Lipinski definition) is 1. The number of nitrogens with zero attached hydrogens (tertiary/aromatic N) is 1. The van der Waals surface area contributed by atoms with Crippen molar-refractivity contribution in [3.05, 3.63) is 127 Å². The van der Waals surface area contributed by atoms with Gasteiger partial charge in [0.1, 0.15) is 32.1 Å². The Kier molecular flexibility index (Phi) is 5.63. The molecule has 0 atom stereocenters. The number of benzene rings is 5. The third-order valence-electron chi connectivity index (χ3n) is 9.35. The van der Waals surface area contributed by atoms with E-state index in [1.807, 2.05) is 12.1 Å². The van der Waals surface area contributed by atoms with Crippen molar-refractivity contribution in [2.24, 2.45) is 7.05 Å². The van der Waals surface area contributed by atoms with Crippen LogP contribution in [0.5, 0.6) is 0 Å². The highest BCUT2D eigenvalue weighted by atomic mass is 28.3. The van der Waals surface area contributed by atoms with E-state index in [-0.39, 0.29) is 5.82 Å². The third-order valence-corrected chi connectivity index (χ3v) is 12.9. The zero-order chi connectivity index (χ0) is 29.5. The molecule has 43 heavy (non-hydrogen) atoms. The average molecular weight is 577 g/mol. The fraction of sp³-hybridized carbons (Fsp3) is 0.103. The number of aryl methyl sites for hydroxylation is 2. The quantitative estimate of drug-likeness (QED) is 0.152. The molecule has 1 aliphatic heterocycles. The minimum absolute atomic E-state index is 0.274. The topological polar surface area (TPSA) is 17.0 Å². The van der Waals surface area contributed by atoms with Gasteiger partial charge in [-0.15, -0.1) is 0 Å². The Hall–Kier alpha value is -4.80. The molecular formula is C39H31FNOSi+. The Morgan fingerprint density at radius 3 is 2.14 bits per heavy atom. The van der Waals surface area contributed by atoms with Gasteiger partial charge in [-0.2, -0.15) is 0 Å². The van der Waals surface area contributed by atoms with E-state index in [4.69, 9.17) is 4.42 Å². The lowest BCUT2D eigenvalue weighted by Crippen LogP contribution is -2.49. The van der Waals surface area contributed by atoms with Crippen molar-refractivity contribution >= 4 is 40.4 Å². The Labute approximate surface area is 251 Å². The maximum Gasteiger partial charge on any atom is 0.216 e. The van der Waals surface area contributed by atoms with Gasteiger partial charge in [0, 0.05) is 22.9 Å². The summed E-state index contributed by atoms with van der Waals surface area (Å²) in [6.45, 7) is 6.91. The number of rotatable bonds is 3. The van der Waals surface area contributed by atoms with E-state index in [2.05, 4.69) is 129 Å². The minimum atomic E-state index is -1.80. The molecule has 0 amide bonds. The molecule has 0 N–H and O–H groups in total. The van der Waals surface area contributed by atoms with E-state index in [1.54, 1.807) is 6.07 Å². The van der Waals surface area contributed by atoms with E-state index in [0.29, 0.717) is 11.1 Å². The van der Waals surface area contributed by atoms with Crippen LogP contribution in [0.1, 0.15) is 5.56 Å². The summed E-state index contributed by atoms with van der Waals surface area (Å²) in [5.74, 6) is -0.274. The second kappa shape index (κ2) is 9.35. The first-order valence-electron chi connectivity index (χ1n) is 14.8. The second-order valence-electron chi connectivity index (χ2n) is 12.2. The van der Waals surface area contributed by atoms with E-state index in [9.17, 15) is 0 Å². The summed E-state index contributed by atoms with van der Waals surface area (Å²) in [5, 5.41) is 4.75. The molecule has 0 saturated heterocycles. The molecule has 0 radical (unpaired) electrons. The normalized spacial score (nSPS) is 13.4. The third kappa shape index (κ3) is 3.79. The Morgan fingerprint density at radius 1 is 0.628 bits per heavy atom. The molecule has 7 aromatic rings. The molecule has 2 nitrogen and oxygen atoms in total.